The van der Waals surface area contributed by atoms with E-state index in [-0.39, 0.29) is 24.1 Å². The molecular weight excluding hydrogens is 508 g/mol. The van der Waals surface area contributed by atoms with Crippen LogP contribution in [-0.2, 0) is 9.53 Å². The molecule has 11 nitrogen and oxygen atoms in total. The Morgan fingerprint density at radius 3 is 2.52 bits per heavy atom. The summed E-state index contributed by atoms with van der Waals surface area (Å²) in [5.74, 6) is 1.43. The molecule has 4 rings (SSSR count). The molecule has 40 heavy (non-hydrogen) atoms. The predicted octanol–water partition coefficient (Wildman–Crippen LogP) is 3.54. The van der Waals surface area contributed by atoms with Crippen LogP contribution < -0.4 is 21.3 Å². The van der Waals surface area contributed by atoms with Gasteiger partial charge in [0.05, 0.1) is 11.9 Å². The molecule has 1 aliphatic carbocycles. The van der Waals surface area contributed by atoms with Gasteiger partial charge in [-0.05, 0) is 58.7 Å². The molecule has 11 heteroatoms. The SMILES string of the molecule is C=C(/N=C1\C(=C/N)C=C(C(=O)NC)N1C1CCCC1)Nc1ccc(N2CCN(C(=O)OC(C)(C)C)[C@@H](C)C2)cn1. The Balaban J connectivity index is 1.42. The van der Waals surface area contributed by atoms with E-state index in [2.05, 4.69) is 27.1 Å². The standard InChI is InChI=1S/C29H42N8O3/c1-19-18-35(13-14-36(19)28(39)40-29(3,4)5)23-11-12-25(32-17-23)33-20(2)34-26-21(16-30)15-24(27(38)31-6)37(26)22-9-7-8-10-22/h11-12,15-17,19,22H,2,7-10,13-14,18,30H2,1,3-6H3,(H,31,38)(H,32,33)/b21-16-,34-26+/t19-/m0/s1. The summed E-state index contributed by atoms with van der Waals surface area (Å²) in [5, 5.41) is 5.89. The molecule has 4 N–H and O–H groups in total. The number of likely N-dealkylation sites (N-methyl/N-ethyl adjacent to an activating group) is 1. The summed E-state index contributed by atoms with van der Waals surface area (Å²) in [6.45, 7) is 13.7. The van der Waals surface area contributed by atoms with Crippen molar-refractivity contribution in [3.05, 3.63) is 54.3 Å². The van der Waals surface area contributed by atoms with Gasteiger partial charge < -0.3 is 35.8 Å². The third kappa shape index (κ3) is 6.57. The average Bonchev–Trinajstić information content (AvgIpc) is 3.55. The summed E-state index contributed by atoms with van der Waals surface area (Å²) in [5.41, 5.74) is 7.59. The summed E-state index contributed by atoms with van der Waals surface area (Å²) >= 11 is 0. The van der Waals surface area contributed by atoms with Crippen molar-refractivity contribution < 1.29 is 14.3 Å². The maximum Gasteiger partial charge on any atom is 0.410 e. The highest BCUT2D eigenvalue weighted by molar-refractivity contribution is 6.12. The fourth-order valence-corrected chi connectivity index (χ4v) is 5.35. The molecule has 1 saturated heterocycles. The van der Waals surface area contributed by atoms with Gasteiger partial charge in [0.1, 0.15) is 28.8 Å². The number of carbonyl (C=O) groups excluding carboxylic acids is 2. The summed E-state index contributed by atoms with van der Waals surface area (Å²) in [6, 6.07) is 4.05. The van der Waals surface area contributed by atoms with Gasteiger partial charge in [-0.2, -0.15) is 0 Å². The first-order valence-electron chi connectivity index (χ1n) is 13.9. The number of pyridine rings is 1. The lowest BCUT2D eigenvalue weighted by atomic mass is 10.1. The number of nitrogens with zero attached hydrogens (tertiary/aromatic N) is 5. The lowest BCUT2D eigenvalue weighted by Crippen LogP contribution is -2.55. The zero-order valence-electron chi connectivity index (χ0n) is 24.2. The topological polar surface area (TPSA) is 128 Å². The molecule has 0 radical (unpaired) electrons. The number of ether oxygens (including phenoxy) is 1. The van der Waals surface area contributed by atoms with Crippen molar-refractivity contribution in [1.82, 2.24) is 20.1 Å². The highest BCUT2D eigenvalue weighted by Gasteiger charge is 2.37. The van der Waals surface area contributed by atoms with Crippen LogP contribution in [0.5, 0.6) is 0 Å². The summed E-state index contributed by atoms with van der Waals surface area (Å²) in [4.78, 5) is 40.5. The van der Waals surface area contributed by atoms with Crippen LogP contribution >= 0.6 is 0 Å². The summed E-state index contributed by atoms with van der Waals surface area (Å²) in [6.07, 6.45) is 8.97. The molecule has 3 aliphatic rings. The highest BCUT2D eigenvalue weighted by Crippen LogP contribution is 2.33. The average molecular weight is 551 g/mol. The Morgan fingerprint density at radius 2 is 1.95 bits per heavy atom. The third-order valence-corrected chi connectivity index (χ3v) is 7.25. The fourth-order valence-electron chi connectivity index (χ4n) is 5.35. The Bertz CT molecular complexity index is 1210. The second-order valence-electron chi connectivity index (χ2n) is 11.4. The number of piperazine rings is 1. The quantitative estimate of drug-likeness (QED) is 0.491. The first kappa shape index (κ1) is 29.0. The molecule has 0 spiro atoms. The number of rotatable bonds is 6. The molecular formula is C29H42N8O3. The number of hydrogen-bond acceptors (Lipinski definition) is 8. The van der Waals surface area contributed by atoms with Crippen molar-refractivity contribution in [2.75, 3.05) is 36.9 Å². The molecule has 1 aromatic heterocycles. The van der Waals surface area contributed by atoms with Crippen molar-refractivity contribution in [1.29, 1.82) is 0 Å². The van der Waals surface area contributed by atoms with Gasteiger partial charge in [-0.15, -0.1) is 0 Å². The van der Waals surface area contributed by atoms with Gasteiger partial charge in [0.25, 0.3) is 5.91 Å². The number of aromatic nitrogens is 1. The van der Waals surface area contributed by atoms with Crippen LogP contribution in [0, 0.1) is 0 Å². The third-order valence-electron chi connectivity index (χ3n) is 7.25. The van der Waals surface area contributed by atoms with E-state index in [1.54, 1.807) is 24.2 Å². The van der Waals surface area contributed by atoms with Crippen LogP contribution in [0.15, 0.2) is 59.3 Å². The van der Waals surface area contributed by atoms with Crippen molar-refractivity contribution in [2.45, 2.75) is 71.1 Å². The number of hydrogen-bond donors (Lipinski definition) is 3. The van der Waals surface area contributed by atoms with E-state index < -0.39 is 5.60 Å². The molecule has 0 unspecified atom stereocenters. The minimum atomic E-state index is -0.521. The number of nitrogens with one attached hydrogen (secondary N) is 2. The number of aliphatic imine (C=N–C) groups is 1. The molecule has 2 aliphatic heterocycles. The Labute approximate surface area is 236 Å². The fraction of sp³-hybridized carbons (Fsp3) is 0.517. The van der Waals surface area contributed by atoms with E-state index in [0.717, 1.165) is 31.4 Å². The van der Waals surface area contributed by atoms with Crippen molar-refractivity contribution in [2.24, 2.45) is 10.7 Å². The van der Waals surface area contributed by atoms with Crippen molar-refractivity contribution in [3.8, 4) is 0 Å². The summed E-state index contributed by atoms with van der Waals surface area (Å²) in [7, 11) is 1.62. The van der Waals surface area contributed by atoms with Crippen LogP contribution in [0.3, 0.4) is 0 Å². The van der Waals surface area contributed by atoms with Crippen molar-refractivity contribution in [3.63, 3.8) is 0 Å². The Kier molecular flexibility index (Phi) is 8.70. The first-order chi connectivity index (χ1) is 19.0. The number of carbonyl (C=O) groups is 2. The number of nitrogens with two attached hydrogens (primary N) is 1. The number of amides is 2. The lowest BCUT2D eigenvalue weighted by molar-refractivity contribution is -0.118. The van der Waals surface area contributed by atoms with Crippen LogP contribution in [0.4, 0.5) is 16.3 Å². The van der Waals surface area contributed by atoms with Gasteiger partial charge in [-0.1, -0.05) is 19.4 Å². The molecule has 1 saturated carbocycles. The Hall–Kier alpha value is -4.02. The second-order valence-corrected chi connectivity index (χ2v) is 11.4. The summed E-state index contributed by atoms with van der Waals surface area (Å²) < 4.78 is 5.55. The molecule has 2 amide bonds. The maximum absolute atomic E-state index is 12.6. The van der Waals surface area contributed by atoms with E-state index >= 15 is 0 Å². The second kappa shape index (κ2) is 12.0. The largest absolute Gasteiger partial charge is 0.444 e. The van der Waals surface area contributed by atoms with Gasteiger partial charge in [-0.3, -0.25) is 4.79 Å². The van der Waals surface area contributed by atoms with Gasteiger partial charge in [0.15, 0.2) is 0 Å². The van der Waals surface area contributed by atoms with E-state index in [9.17, 15) is 9.59 Å². The minimum Gasteiger partial charge on any atom is -0.444 e. The van der Waals surface area contributed by atoms with E-state index in [1.165, 1.54) is 6.20 Å². The van der Waals surface area contributed by atoms with Gasteiger partial charge in [0, 0.05) is 50.5 Å². The molecule has 2 fully saturated rings. The molecule has 0 aromatic carbocycles. The van der Waals surface area contributed by atoms with Crippen molar-refractivity contribution >= 4 is 29.3 Å². The number of anilines is 2. The van der Waals surface area contributed by atoms with E-state index in [0.29, 0.717) is 48.4 Å². The highest BCUT2D eigenvalue weighted by atomic mass is 16.6. The zero-order valence-corrected chi connectivity index (χ0v) is 24.2. The smallest absolute Gasteiger partial charge is 0.410 e. The molecule has 1 aromatic rings. The molecule has 3 heterocycles. The molecule has 0 bridgehead atoms. The first-order valence-corrected chi connectivity index (χ1v) is 13.9. The normalized spacial score (nSPS) is 22.1. The minimum absolute atomic E-state index is 0.00400. The lowest BCUT2D eigenvalue weighted by Gasteiger charge is -2.41. The van der Waals surface area contributed by atoms with Crippen LogP contribution in [0.1, 0.15) is 53.4 Å². The monoisotopic (exact) mass is 550 g/mol. The predicted molar refractivity (Wildman–Crippen MR) is 158 cm³/mol. The van der Waals surface area contributed by atoms with Crippen LogP contribution in [-0.4, -0.2) is 77.0 Å². The van der Waals surface area contributed by atoms with Crippen LogP contribution in [0.25, 0.3) is 0 Å². The molecule has 216 valence electrons. The van der Waals surface area contributed by atoms with Gasteiger partial charge >= 0.3 is 6.09 Å². The van der Waals surface area contributed by atoms with Crippen LogP contribution in [0.2, 0.25) is 0 Å². The van der Waals surface area contributed by atoms with Gasteiger partial charge in [0.2, 0.25) is 0 Å². The van der Waals surface area contributed by atoms with E-state index in [4.69, 9.17) is 15.5 Å². The Morgan fingerprint density at radius 1 is 1.23 bits per heavy atom. The molecule has 1 atom stereocenters. The maximum atomic E-state index is 12.6. The van der Waals surface area contributed by atoms with Gasteiger partial charge in [-0.25, -0.2) is 14.8 Å². The van der Waals surface area contributed by atoms with E-state index in [1.807, 2.05) is 44.7 Å². The number of amidine groups is 1. The zero-order chi connectivity index (χ0) is 29.0.